The quantitative estimate of drug-likeness (QED) is 0.875. The van der Waals surface area contributed by atoms with Crippen LogP contribution in [0.2, 0.25) is 0 Å². The Morgan fingerprint density at radius 1 is 1.59 bits per heavy atom. The van der Waals surface area contributed by atoms with Crippen molar-refractivity contribution in [2.24, 2.45) is 0 Å². The molecule has 5 heteroatoms. The summed E-state index contributed by atoms with van der Waals surface area (Å²) in [6, 6.07) is 6.10. The van der Waals surface area contributed by atoms with E-state index in [-0.39, 0.29) is 11.8 Å². The predicted octanol–water partition coefficient (Wildman–Crippen LogP) is 2.12. The molecule has 0 saturated heterocycles. The second-order valence-electron chi connectivity index (χ2n) is 4.12. The summed E-state index contributed by atoms with van der Waals surface area (Å²) >= 11 is 1.49. The molecule has 1 unspecified atom stereocenters. The van der Waals surface area contributed by atoms with Gasteiger partial charge in [0, 0.05) is 13.5 Å². The Balaban J connectivity index is 2.20. The zero-order valence-electron chi connectivity index (χ0n) is 9.86. The van der Waals surface area contributed by atoms with Gasteiger partial charge in [0.25, 0.3) is 0 Å². The van der Waals surface area contributed by atoms with E-state index in [1.807, 2.05) is 12.1 Å². The Hall–Kier alpha value is -1.62. The van der Waals surface area contributed by atoms with Crippen LogP contribution in [0.5, 0.6) is 0 Å². The lowest BCUT2D eigenvalue weighted by Gasteiger charge is -2.11. The number of nitrogen functional groups attached to an aromatic ring is 1. The summed E-state index contributed by atoms with van der Waals surface area (Å²) in [6.07, 6.45) is 0. The highest BCUT2D eigenvalue weighted by Gasteiger charge is 2.08. The van der Waals surface area contributed by atoms with Crippen molar-refractivity contribution >= 4 is 32.6 Å². The van der Waals surface area contributed by atoms with Gasteiger partial charge in [0.2, 0.25) is 5.91 Å². The number of amides is 1. The Labute approximate surface area is 104 Å². The molecular weight excluding hydrogens is 234 g/mol. The first-order chi connectivity index (χ1) is 8.06. The van der Waals surface area contributed by atoms with Crippen LogP contribution in [0.4, 0.5) is 5.13 Å². The Morgan fingerprint density at radius 3 is 3.06 bits per heavy atom. The summed E-state index contributed by atoms with van der Waals surface area (Å²) in [5.74, 6) is 0.284. The van der Waals surface area contributed by atoms with Crippen LogP contribution in [0.3, 0.4) is 0 Å². The van der Waals surface area contributed by atoms with E-state index >= 15 is 0 Å². The molecule has 2 aromatic rings. The van der Waals surface area contributed by atoms with Gasteiger partial charge in [-0.05, 0) is 23.6 Å². The molecule has 0 spiro atoms. The molecule has 1 aromatic carbocycles. The van der Waals surface area contributed by atoms with Gasteiger partial charge in [-0.25, -0.2) is 4.98 Å². The number of fused-ring (bicyclic) bond motifs is 1. The van der Waals surface area contributed by atoms with Crippen molar-refractivity contribution in [3.05, 3.63) is 23.8 Å². The Morgan fingerprint density at radius 2 is 2.35 bits per heavy atom. The van der Waals surface area contributed by atoms with Gasteiger partial charge >= 0.3 is 0 Å². The summed E-state index contributed by atoms with van der Waals surface area (Å²) < 4.78 is 1.09. The molecule has 17 heavy (non-hydrogen) atoms. The SMILES string of the molecule is CC(=O)NCC(C)c1ccc2nc(N)sc2c1. The smallest absolute Gasteiger partial charge is 0.216 e. The van der Waals surface area contributed by atoms with Gasteiger partial charge in [-0.15, -0.1) is 0 Å². The number of rotatable bonds is 3. The highest BCUT2D eigenvalue weighted by Crippen LogP contribution is 2.27. The fraction of sp³-hybridized carbons (Fsp3) is 0.333. The molecule has 0 radical (unpaired) electrons. The van der Waals surface area contributed by atoms with Gasteiger partial charge in [0.15, 0.2) is 5.13 Å². The normalized spacial score (nSPS) is 12.6. The van der Waals surface area contributed by atoms with E-state index in [0.717, 1.165) is 10.2 Å². The van der Waals surface area contributed by atoms with Crippen molar-refractivity contribution in [1.82, 2.24) is 10.3 Å². The summed E-state index contributed by atoms with van der Waals surface area (Å²) in [4.78, 5) is 15.1. The molecule has 0 aliphatic carbocycles. The molecule has 0 bridgehead atoms. The monoisotopic (exact) mass is 249 g/mol. The minimum absolute atomic E-state index is 0.0000345. The first kappa shape index (κ1) is 11.9. The molecule has 0 fully saturated rings. The minimum Gasteiger partial charge on any atom is -0.375 e. The van der Waals surface area contributed by atoms with Crippen molar-refractivity contribution in [3.8, 4) is 0 Å². The molecule has 1 heterocycles. The third kappa shape index (κ3) is 2.74. The maximum absolute atomic E-state index is 10.9. The molecular formula is C12H15N3OS. The average Bonchev–Trinajstić information content (AvgIpc) is 2.64. The number of thiazole rings is 1. The lowest BCUT2D eigenvalue weighted by atomic mass is 10.0. The second kappa shape index (κ2) is 4.71. The molecule has 1 atom stereocenters. The van der Waals surface area contributed by atoms with E-state index in [0.29, 0.717) is 11.7 Å². The molecule has 1 aromatic heterocycles. The lowest BCUT2D eigenvalue weighted by molar-refractivity contribution is -0.119. The zero-order valence-corrected chi connectivity index (χ0v) is 10.7. The second-order valence-corrected chi connectivity index (χ2v) is 5.18. The van der Waals surface area contributed by atoms with Crippen LogP contribution in [0, 0.1) is 0 Å². The first-order valence-electron chi connectivity index (χ1n) is 5.46. The van der Waals surface area contributed by atoms with Crippen LogP contribution < -0.4 is 11.1 Å². The van der Waals surface area contributed by atoms with Crippen LogP contribution in [0.15, 0.2) is 18.2 Å². The van der Waals surface area contributed by atoms with Crippen molar-refractivity contribution in [2.45, 2.75) is 19.8 Å². The number of carbonyl (C=O) groups is 1. The molecule has 1 amide bonds. The van der Waals surface area contributed by atoms with Crippen molar-refractivity contribution < 1.29 is 4.79 Å². The summed E-state index contributed by atoms with van der Waals surface area (Å²) in [7, 11) is 0. The van der Waals surface area contributed by atoms with Crippen molar-refractivity contribution in [1.29, 1.82) is 0 Å². The minimum atomic E-state index is -0.0000345. The van der Waals surface area contributed by atoms with Gasteiger partial charge in [-0.3, -0.25) is 4.79 Å². The number of nitrogens with zero attached hydrogens (tertiary/aromatic N) is 1. The van der Waals surface area contributed by atoms with E-state index in [1.54, 1.807) is 0 Å². The molecule has 4 nitrogen and oxygen atoms in total. The van der Waals surface area contributed by atoms with E-state index in [4.69, 9.17) is 5.73 Å². The predicted molar refractivity (Wildman–Crippen MR) is 71.1 cm³/mol. The van der Waals surface area contributed by atoms with E-state index in [2.05, 4.69) is 23.3 Å². The highest BCUT2D eigenvalue weighted by molar-refractivity contribution is 7.22. The molecule has 0 saturated carbocycles. The van der Waals surface area contributed by atoms with Gasteiger partial charge < -0.3 is 11.1 Å². The Bertz CT molecular complexity index is 550. The number of nitrogens with one attached hydrogen (secondary N) is 1. The van der Waals surface area contributed by atoms with Crippen molar-refractivity contribution in [3.63, 3.8) is 0 Å². The maximum atomic E-state index is 10.9. The van der Waals surface area contributed by atoms with Crippen LogP contribution in [0.1, 0.15) is 25.3 Å². The fourth-order valence-electron chi connectivity index (χ4n) is 1.68. The largest absolute Gasteiger partial charge is 0.375 e. The lowest BCUT2D eigenvalue weighted by Crippen LogP contribution is -2.24. The maximum Gasteiger partial charge on any atom is 0.216 e. The fourth-order valence-corrected chi connectivity index (χ4v) is 2.46. The standard InChI is InChI=1S/C12H15N3OS/c1-7(6-14-8(2)16)9-3-4-10-11(5-9)17-12(13)15-10/h3-5,7H,6H2,1-2H3,(H2,13,15)(H,14,16). The highest BCUT2D eigenvalue weighted by atomic mass is 32.1. The summed E-state index contributed by atoms with van der Waals surface area (Å²) in [6.45, 7) is 4.26. The van der Waals surface area contributed by atoms with Gasteiger partial charge in [0.1, 0.15) is 0 Å². The molecule has 2 rings (SSSR count). The van der Waals surface area contributed by atoms with Crippen LogP contribution in [-0.4, -0.2) is 17.4 Å². The summed E-state index contributed by atoms with van der Waals surface area (Å²) in [5.41, 5.74) is 7.79. The number of hydrogen-bond acceptors (Lipinski definition) is 4. The number of hydrogen-bond donors (Lipinski definition) is 2. The average molecular weight is 249 g/mol. The number of aromatic nitrogens is 1. The Kier molecular flexibility index (Phi) is 3.28. The van der Waals surface area contributed by atoms with Crippen LogP contribution >= 0.6 is 11.3 Å². The molecule has 90 valence electrons. The molecule has 0 aliphatic heterocycles. The number of anilines is 1. The molecule has 0 aliphatic rings. The number of carbonyl (C=O) groups excluding carboxylic acids is 1. The third-order valence-corrected chi connectivity index (χ3v) is 3.50. The van der Waals surface area contributed by atoms with E-state index in [1.165, 1.54) is 23.8 Å². The third-order valence-electron chi connectivity index (χ3n) is 2.66. The van der Waals surface area contributed by atoms with E-state index in [9.17, 15) is 4.79 Å². The first-order valence-corrected chi connectivity index (χ1v) is 6.28. The number of nitrogens with two attached hydrogens (primary N) is 1. The summed E-state index contributed by atoms with van der Waals surface area (Å²) in [5, 5.41) is 3.41. The van der Waals surface area contributed by atoms with Gasteiger partial charge in [-0.1, -0.05) is 24.3 Å². The van der Waals surface area contributed by atoms with Crippen LogP contribution in [0.25, 0.3) is 10.2 Å². The number of benzene rings is 1. The van der Waals surface area contributed by atoms with Gasteiger partial charge in [0.05, 0.1) is 10.2 Å². The zero-order chi connectivity index (χ0) is 12.4. The molecule has 3 N–H and O–H groups in total. The topological polar surface area (TPSA) is 68.0 Å². The van der Waals surface area contributed by atoms with Gasteiger partial charge in [-0.2, -0.15) is 0 Å². The van der Waals surface area contributed by atoms with Crippen LogP contribution in [-0.2, 0) is 4.79 Å². The van der Waals surface area contributed by atoms with E-state index < -0.39 is 0 Å². The van der Waals surface area contributed by atoms with Crippen molar-refractivity contribution in [2.75, 3.05) is 12.3 Å².